The van der Waals surface area contributed by atoms with Crippen LogP contribution in [-0.2, 0) is 39.4 Å². The lowest BCUT2D eigenvalue weighted by Crippen LogP contribution is -2.61. The summed E-state index contributed by atoms with van der Waals surface area (Å²) in [6.45, 7) is 5.29. The summed E-state index contributed by atoms with van der Waals surface area (Å²) in [6.07, 6.45) is -0.714. The molecule has 10 N–H and O–H groups in total. The minimum Gasteiger partial charge on any atom is -0.508 e. The Morgan fingerprint density at radius 2 is 1.43 bits per heavy atom. The Balaban J connectivity index is 1.04. The maximum atomic E-state index is 14.7. The smallest absolute Gasteiger partial charge is 0.336 e. The summed E-state index contributed by atoms with van der Waals surface area (Å²) in [5, 5.41) is 62.2. The summed E-state index contributed by atoms with van der Waals surface area (Å²) in [5.74, 6) is -6.80. The Kier molecular flexibility index (Phi) is 20.0. The predicted octanol–water partition coefficient (Wildman–Crippen LogP) is 7.32. The molecule has 3 atom stereocenters. The molecular weight excluding hydrogens is 1130 g/mol. The molecule has 1 unspecified atom stereocenters. The number of hydrogen-bond donors (Lipinski definition) is 9. The number of azo groups is 1. The van der Waals surface area contributed by atoms with Gasteiger partial charge in [0.05, 0.1) is 33.3 Å². The van der Waals surface area contributed by atoms with Gasteiger partial charge in [-0.3, -0.25) is 38.9 Å². The van der Waals surface area contributed by atoms with Crippen LogP contribution in [0, 0.1) is 24.0 Å². The third-order valence-corrected chi connectivity index (χ3v) is 15.6. The SMILES string of the molecule is Cc1cc(C)c(C(C)(C)C(NC(=O)CNS(=O)(=O)c2ccc(N=Nc3ccc(N(C)C)cc3)cc2)C(=O)N[C@@H](CCC(=O)O)C(=O)N[C@@H](CCCCNc2ccc(-c3c4ccc(=O)cc-4oc4cc(O)ccc34)c(C(=O)O)c2)C(N)=O)c([N+](=O)[O-])c1. The van der Waals surface area contributed by atoms with Crippen molar-refractivity contribution in [2.24, 2.45) is 16.0 Å². The van der Waals surface area contributed by atoms with Crippen LogP contribution >= 0.6 is 0 Å². The number of phenols is 1. The highest BCUT2D eigenvalue weighted by molar-refractivity contribution is 7.89. The van der Waals surface area contributed by atoms with Gasteiger partial charge >= 0.3 is 11.9 Å². The molecule has 4 amide bonds. The van der Waals surface area contributed by atoms with E-state index in [-0.39, 0.29) is 57.9 Å². The molecule has 86 heavy (non-hydrogen) atoms. The monoisotopic (exact) mass is 1200 g/mol. The fourth-order valence-electron chi connectivity index (χ4n) is 9.98. The Morgan fingerprint density at radius 3 is 2.06 bits per heavy atom. The first-order chi connectivity index (χ1) is 40.6. The molecule has 5 aromatic rings. The zero-order valence-corrected chi connectivity index (χ0v) is 48.5. The fourth-order valence-corrected chi connectivity index (χ4v) is 11.0. The highest BCUT2D eigenvalue weighted by atomic mass is 32.2. The van der Waals surface area contributed by atoms with E-state index in [1.165, 1.54) is 80.6 Å². The molecule has 26 heteroatoms. The van der Waals surface area contributed by atoms with Crippen molar-refractivity contribution in [3.05, 3.63) is 158 Å². The molecule has 0 radical (unpaired) electrons. The number of aliphatic carboxylic acids is 1. The van der Waals surface area contributed by atoms with Crippen LogP contribution in [0.1, 0.15) is 73.0 Å². The van der Waals surface area contributed by atoms with Gasteiger partial charge in [0.15, 0.2) is 5.43 Å². The van der Waals surface area contributed by atoms with Crippen molar-refractivity contribution < 1.29 is 61.8 Å². The van der Waals surface area contributed by atoms with E-state index in [0.717, 1.165) is 5.69 Å². The van der Waals surface area contributed by atoms with Crippen LogP contribution in [0.2, 0.25) is 0 Å². The molecule has 450 valence electrons. The van der Waals surface area contributed by atoms with Crippen LogP contribution in [-0.4, -0.2) is 110 Å². The molecule has 1 aliphatic carbocycles. The number of nitrogens with two attached hydrogens (primary N) is 1. The van der Waals surface area contributed by atoms with Crippen LogP contribution < -0.4 is 42.1 Å². The molecule has 7 rings (SSSR count). The normalized spacial score (nSPS) is 12.7. The van der Waals surface area contributed by atoms with E-state index in [9.17, 15) is 67.4 Å². The first-order valence-corrected chi connectivity index (χ1v) is 28.4. The topological polar surface area (TPSA) is 385 Å². The number of nitrogens with one attached hydrogen (secondary N) is 5. The van der Waals surface area contributed by atoms with Gasteiger partial charge in [0.25, 0.3) is 5.69 Å². The Bertz CT molecular complexity index is 3920. The molecule has 5 aromatic carbocycles. The highest BCUT2D eigenvalue weighted by Gasteiger charge is 2.44. The first-order valence-electron chi connectivity index (χ1n) is 26.9. The van der Waals surface area contributed by atoms with Gasteiger partial charge in [-0.05, 0) is 141 Å². The molecule has 25 nitrogen and oxygen atoms in total. The van der Waals surface area contributed by atoms with Crippen molar-refractivity contribution in [1.82, 2.24) is 20.7 Å². The first kappa shape index (κ1) is 63.5. The lowest BCUT2D eigenvalue weighted by atomic mass is 9.74. The van der Waals surface area contributed by atoms with Gasteiger partial charge in [0.1, 0.15) is 35.2 Å². The van der Waals surface area contributed by atoms with E-state index in [2.05, 4.69) is 36.2 Å². The van der Waals surface area contributed by atoms with Crippen LogP contribution in [0.4, 0.5) is 28.4 Å². The van der Waals surface area contributed by atoms with E-state index in [1.54, 1.807) is 50.2 Å². The highest BCUT2D eigenvalue weighted by Crippen LogP contribution is 2.43. The minimum atomic E-state index is -4.40. The number of rotatable bonds is 27. The molecule has 0 spiro atoms. The van der Waals surface area contributed by atoms with Gasteiger partial charge < -0.3 is 51.6 Å². The number of unbranched alkanes of at least 4 members (excludes halogenated alkanes) is 1. The van der Waals surface area contributed by atoms with Crippen molar-refractivity contribution >= 4 is 85.0 Å². The molecule has 0 saturated heterocycles. The average Bonchev–Trinajstić information content (AvgIpc) is 0.930. The Hall–Kier alpha value is -10.1. The number of carboxylic acid groups (broad SMARTS) is 2. The average molecular weight is 1200 g/mol. The summed E-state index contributed by atoms with van der Waals surface area (Å²) in [7, 11) is -0.620. The third kappa shape index (κ3) is 15.6. The number of amides is 4. The largest absolute Gasteiger partial charge is 0.508 e. The number of carbonyl (C=O) groups is 6. The number of hydrogen-bond acceptors (Lipinski definition) is 17. The molecular formula is C60H64N10O15S. The molecule has 0 bridgehead atoms. The zero-order valence-electron chi connectivity index (χ0n) is 47.7. The number of carbonyl (C=O) groups excluding carboxylic acids is 4. The molecule has 0 fully saturated rings. The number of sulfonamides is 1. The van der Waals surface area contributed by atoms with Crippen molar-refractivity contribution in [3.63, 3.8) is 0 Å². The number of aromatic carboxylic acids is 1. The summed E-state index contributed by atoms with van der Waals surface area (Å²) in [5.41, 5.74) is 7.66. The standard InChI is InChI=1S/C60H64N10O15S/c1-33-27-34(2)54(48(28-33)70(81)82)60(3,4)55(66-51(73)32-63-86(83,84)41-19-12-36(13-20-41)68-67-35-10-15-38(16-11-35)69(5)6)58(78)65-47(24-25-52(74)75)57(77)64-46(56(61)76)9-7-8-26-62-37-14-21-42(45(29-37)59(79)80)53-43-22-17-39(71)30-49(43)85-50-31-40(72)18-23-44(50)53/h10-23,27-31,46-47,55,62-63,71H,7-9,24-26,32H2,1-6H3,(H2,61,76)(H,64,77)(H,65,78)(H,66,73)(H,74,75)(H,79,80)/t46-,47-,55?/m0/s1. The van der Waals surface area contributed by atoms with Gasteiger partial charge in [-0.25, -0.2) is 17.9 Å². The Labute approximate surface area is 493 Å². The van der Waals surface area contributed by atoms with Crippen LogP contribution in [0.25, 0.3) is 33.4 Å². The Morgan fingerprint density at radius 1 is 0.779 bits per heavy atom. The number of aryl methyl sites for hydroxylation is 2. The predicted molar refractivity (Wildman–Crippen MR) is 320 cm³/mol. The van der Waals surface area contributed by atoms with E-state index in [4.69, 9.17) is 10.2 Å². The number of benzene rings is 6. The van der Waals surface area contributed by atoms with Gasteiger partial charge in [0.2, 0.25) is 33.7 Å². The lowest BCUT2D eigenvalue weighted by Gasteiger charge is -2.36. The van der Waals surface area contributed by atoms with Gasteiger partial charge in [-0.2, -0.15) is 10.2 Å². The summed E-state index contributed by atoms with van der Waals surface area (Å²) >= 11 is 0. The van der Waals surface area contributed by atoms with E-state index >= 15 is 0 Å². The fraction of sp³-hybridized carbons (Fsp3) is 0.283. The maximum Gasteiger partial charge on any atom is 0.336 e. The third-order valence-electron chi connectivity index (χ3n) is 14.2. The molecule has 1 aliphatic heterocycles. The van der Waals surface area contributed by atoms with Crippen LogP contribution in [0.15, 0.2) is 140 Å². The van der Waals surface area contributed by atoms with Crippen LogP contribution in [0.5, 0.6) is 5.75 Å². The van der Waals surface area contributed by atoms with E-state index in [1.807, 2.05) is 31.1 Å². The second-order valence-electron chi connectivity index (χ2n) is 21.1. The number of carboxylic acids is 2. The lowest BCUT2D eigenvalue weighted by molar-refractivity contribution is -0.386. The summed E-state index contributed by atoms with van der Waals surface area (Å²) in [4.78, 5) is 106. The zero-order chi connectivity index (χ0) is 62.8. The van der Waals surface area contributed by atoms with Crippen molar-refractivity contribution in [3.8, 4) is 28.2 Å². The van der Waals surface area contributed by atoms with Gasteiger partial charge in [-0.1, -0.05) is 26.0 Å². The molecule has 0 aromatic heterocycles. The van der Waals surface area contributed by atoms with Gasteiger partial charge in [0, 0.05) is 84.1 Å². The van der Waals surface area contributed by atoms with E-state index < -0.39 is 99.1 Å². The molecule has 2 aliphatic rings. The number of anilines is 2. The van der Waals surface area contributed by atoms with Crippen LogP contribution in [0.3, 0.4) is 0 Å². The number of aromatic hydroxyl groups is 1. The quantitative estimate of drug-likeness (QED) is 0.00800. The summed E-state index contributed by atoms with van der Waals surface area (Å²) in [6, 6.07) is 23.6. The number of nitro groups is 1. The van der Waals surface area contributed by atoms with Crippen molar-refractivity contribution in [1.29, 1.82) is 0 Å². The second kappa shape index (κ2) is 27.1. The number of phenolic OH excluding ortho intramolecular Hbond substituents is 1. The number of fused-ring (bicyclic) bond motifs is 2. The van der Waals surface area contributed by atoms with Crippen molar-refractivity contribution in [2.75, 3.05) is 37.4 Å². The molecule has 0 saturated carbocycles. The number of primary amides is 1. The van der Waals surface area contributed by atoms with E-state index in [0.29, 0.717) is 56.7 Å². The number of nitrogens with zero attached hydrogens (tertiary/aromatic N) is 4. The number of nitro benzene ring substituents is 1. The molecule has 1 heterocycles. The van der Waals surface area contributed by atoms with Gasteiger partial charge in [-0.15, -0.1) is 0 Å². The second-order valence-corrected chi connectivity index (χ2v) is 22.9. The summed E-state index contributed by atoms with van der Waals surface area (Å²) < 4.78 is 35.1. The maximum absolute atomic E-state index is 14.7. The minimum absolute atomic E-state index is 0.000597. The van der Waals surface area contributed by atoms with Crippen molar-refractivity contribution in [2.45, 2.75) is 88.2 Å².